The van der Waals surface area contributed by atoms with E-state index in [0.717, 1.165) is 22.1 Å². The van der Waals surface area contributed by atoms with Crippen molar-refractivity contribution < 1.29 is 9.53 Å². The number of carbonyl (C=O) groups excluding carboxylic acids is 1. The summed E-state index contributed by atoms with van der Waals surface area (Å²) in [5.74, 6) is 0.778. The van der Waals surface area contributed by atoms with E-state index < -0.39 is 0 Å². The highest BCUT2D eigenvalue weighted by Crippen LogP contribution is 2.30. The van der Waals surface area contributed by atoms with E-state index in [4.69, 9.17) is 4.74 Å². The number of ketones is 1. The lowest BCUT2D eigenvalue weighted by molar-refractivity contribution is 0.104. The van der Waals surface area contributed by atoms with E-state index >= 15 is 0 Å². The average Bonchev–Trinajstić information content (AvgIpc) is 2.60. The normalized spacial score (nSPS) is 11.3. The molecule has 0 unspecified atom stereocenters. The lowest BCUT2D eigenvalue weighted by atomic mass is 10.0. The molecule has 0 atom stereocenters. The maximum atomic E-state index is 12.4. The second-order valence-corrected chi connectivity index (χ2v) is 5.93. The molecule has 3 rings (SSSR count). The highest BCUT2D eigenvalue weighted by atomic mass is 16.5. The van der Waals surface area contributed by atoms with Crippen molar-refractivity contribution in [1.82, 2.24) is 0 Å². The fourth-order valence-electron chi connectivity index (χ4n) is 2.66. The number of carbonyl (C=O) groups is 1. The molecule has 0 N–H and O–H groups in total. The molecule has 0 radical (unpaired) electrons. The molecule has 0 heterocycles. The van der Waals surface area contributed by atoms with Crippen LogP contribution in [0.3, 0.4) is 0 Å². The van der Waals surface area contributed by atoms with Crippen LogP contribution in [-0.2, 0) is 0 Å². The highest BCUT2D eigenvalue weighted by molar-refractivity contribution is 6.08. The molecule has 3 aromatic carbocycles. The summed E-state index contributed by atoms with van der Waals surface area (Å²) in [5, 5.41) is 2.20. The number of ether oxygens (including phenoxy) is 1. The van der Waals surface area contributed by atoms with Gasteiger partial charge in [0.2, 0.25) is 0 Å². The Morgan fingerprint density at radius 3 is 2.38 bits per heavy atom. The van der Waals surface area contributed by atoms with Crippen LogP contribution < -0.4 is 4.74 Å². The van der Waals surface area contributed by atoms with Crippen molar-refractivity contribution in [3.05, 3.63) is 83.9 Å². The summed E-state index contributed by atoms with van der Waals surface area (Å²) in [6.07, 6.45) is 3.54. The molecule has 120 valence electrons. The second-order valence-electron chi connectivity index (χ2n) is 5.93. The van der Waals surface area contributed by atoms with Crippen LogP contribution >= 0.6 is 0 Å². The zero-order chi connectivity index (χ0) is 16.9. The van der Waals surface area contributed by atoms with Crippen molar-refractivity contribution in [3.8, 4) is 5.75 Å². The van der Waals surface area contributed by atoms with Gasteiger partial charge in [-0.15, -0.1) is 0 Å². The molecule has 0 spiro atoms. The SMILES string of the molecule is CC(C)Oc1ccc2ccccc2c1/C=C/C(=O)c1ccccc1. The van der Waals surface area contributed by atoms with Crippen LogP contribution in [0.1, 0.15) is 29.8 Å². The topological polar surface area (TPSA) is 26.3 Å². The Labute approximate surface area is 142 Å². The number of allylic oxidation sites excluding steroid dienone is 1. The maximum Gasteiger partial charge on any atom is 0.185 e. The summed E-state index contributed by atoms with van der Waals surface area (Å²) >= 11 is 0. The van der Waals surface area contributed by atoms with Crippen LogP contribution in [0.15, 0.2) is 72.8 Å². The van der Waals surface area contributed by atoms with Crippen LogP contribution in [-0.4, -0.2) is 11.9 Å². The van der Waals surface area contributed by atoms with Gasteiger partial charge in [-0.05, 0) is 42.8 Å². The van der Waals surface area contributed by atoms with Crippen molar-refractivity contribution in [2.45, 2.75) is 20.0 Å². The van der Waals surface area contributed by atoms with E-state index in [2.05, 4.69) is 12.1 Å². The lowest BCUT2D eigenvalue weighted by Gasteiger charge is -2.14. The second kappa shape index (κ2) is 7.14. The monoisotopic (exact) mass is 316 g/mol. The van der Waals surface area contributed by atoms with Gasteiger partial charge in [0, 0.05) is 11.1 Å². The largest absolute Gasteiger partial charge is 0.490 e. The summed E-state index contributed by atoms with van der Waals surface area (Å²) < 4.78 is 5.93. The van der Waals surface area contributed by atoms with Gasteiger partial charge in [-0.2, -0.15) is 0 Å². The van der Waals surface area contributed by atoms with E-state index in [1.807, 2.05) is 74.5 Å². The fraction of sp³-hybridized carbons (Fsp3) is 0.136. The quantitative estimate of drug-likeness (QED) is 0.457. The molecule has 0 aliphatic rings. The molecule has 0 saturated carbocycles. The fourth-order valence-corrected chi connectivity index (χ4v) is 2.66. The van der Waals surface area contributed by atoms with Crippen LogP contribution in [0.2, 0.25) is 0 Å². The first-order valence-corrected chi connectivity index (χ1v) is 8.11. The number of rotatable bonds is 5. The van der Waals surface area contributed by atoms with Gasteiger partial charge < -0.3 is 4.74 Å². The third-order valence-electron chi connectivity index (χ3n) is 3.75. The Bertz CT molecular complexity index is 877. The molecule has 0 fully saturated rings. The van der Waals surface area contributed by atoms with Gasteiger partial charge in [0.1, 0.15) is 5.75 Å². The first-order valence-electron chi connectivity index (χ1n) is 8.11. The maximum absolute atomic E-state index is 12.4. The Hall–Kier alpha value is -2.87. The van der Waals surface area contributed by atoms with Crippen molar-refractivity contribution in [3.63, 3.8) is 0 Å². The van der Waals surface area contributed by atoms with Gasteiger partial charge in [-0.1, -0.05) is 60.7 Å². The van der Waals surface area contributed by atoms with Gasteiger partial charge in [0.25, 0.3) is 0 Å². The van der Waals surface area contributed by atoms with Crippen LogP contribution in [0.25, 0.3) is 16.8 Å². The first-order chi connectivity index (χ1) is 11.6. The van der Waals surface area contributed by atoms with Crippen molar-refractivity contribution in [1.29, 1.82) is 0 Å². The molecule has 0 bridgehead atoms. The predicted molar refractivity (Wildman–Crippen MR) is 99.5 cm³/mol. The minimum Gasteiger partial charge on any atom is -0.490 e. The minimum atomic E-state index is -0.0148. The van der Waals surface area contributed by atoms with Crippen LogP contribution in [0.5, 0.6) is 5.75 Å². The van der Waals surface area contributed by atoms with E-state index in [0.29, 0.717) is 5.56 Å². The summed E-state index contributed by atoms with van der Waals surface area (Å²) in [5.41, 5.74) is 1.62. The molecular weight excluding hydrogens is 296 g/mol. The van der Waals surface area contributed by atoms with E-state index in [1.165, 1.54) is 0 Å². The van der Waals surface area contributed by atoms with Gasteiger partial charge in [-0.3, -0.25) is 4.79 Å². The standard InChI is InChI=1S/C22H20O2/c1-16(2)24-22-15-12-17-8-6-7-11-19(17)20(22)13-14-21(23)18-9-4-3-5-10-18/h3-16H,1-2H3/b14-13+. The molecule has 0 amide bonds. The average molecular weight is 316 g/mol. The number of hydrogen-bond acceptors (Lipinski definition) is 2. The minimum absolute atomic E-state index is 0.0148. The Morgan fingerprint density at radius 2 is 1.62 bits per heavy atom. The van der Waals surface area contributed by atoms with Gasteiger partial charge in [0.15, 0.2) is 5.78 Å². The van der Waals surface area contributed by atoms with E-state index in [-0.39, 0.29) is 11.9 Å². The van der Waals surface area contributed by atoms with Crippen molar-refractivity contribution in [2.75, 3.05) is 0 Å². The third kappa shape index (κ3) is 3.54. The molecule has 0 aromatic heterocycles. The molecular formula is C22H20O2. The van der Waals surface area contributed by atoms with Gasteiger partial charge in [-0.25, -0.2) is 0 Å². The zero-order valence-corrected chi connectivity index (χ0v) is 13.9. The number of fused-ring (bicyclic) bond motifs is 1. The van der Waals surface area contributed by atoms with Crippen LogP contribution in [0.4, 0.5) is 0 Å². The predicted octanol–water partition coefficient (Wildman–Crippen LogP) is 5.52. The Morgan fingerprint density at radius 1 is 0.917 bits per heavy atom. The smallest absolute Gasteiger partial charge is 0.185 e. The van der Waals surface area contributed by atoms with Gasteiger partial charge >= 0.3 is 0 Å². The molecule has 24 heavy (non-hydrogen) atoms. The summed E-state index contributed by atoms with van der Waals surface area (Å²) in [6, 6.07) is 21.4. The lowest BCUT2D eigenvalue weighted by Crippen LogP contribution is -2.06. The summed E-state index contributed by atoms with van der Waals surface area (Å²) in [6.45, 7) is 4.00. The summed E-state index contributed by atoms with van der Waals surface area (Å²) in [4.78, 5) is 12.4. The molecule has 0 saturated heterocycles. The number of hydrogen-bond donors (Lipinski definition) is 0. The van der Waals surface area contributed by atoms with Crippen molar-refractivity contribution >= 4 is 22.6 Å². The van der Waals surface area contributed by atoms with Crippen LogP contribution in [0, 0.1) is 0 Å². The Balaban J connectivity index is 2.03. The molecule has 0 aliphatic carbocycles. The van der Waals surface area contributed by atoms with E-state index in [1.54, 1.807) is 6.08 Å². The number of benzene rings is 3. The highest BCUT2D eigenvalue weighted by Gasteiger charge is 2.09. The molecule has 3 aromatic rings. The zero-order valence-electron chi connectivity index (χ0n) is 13.9. The first kappa shape index (κ1) is 16.0. The Kier molecular flexibility index (Phi) is 4.76. The molecule has 0 aliphatic heterocycles. The van der Waals surface area contributed by atoms with E-state index in [9.17, 15) is 4.79 Å². The molecule has 2 nitrogen and oxygen atoms in total. The summed E-state index contributed by atoms with van der Waals surface area (Å²) in [7, 11) is 0. The molecule has 2 heteroatoms. The van der Waals surface area contributed by atoms with Crippen molar-refractivity contribution in [2.24, 2.45) is 0 Å². The van der Waals surface area contributed by atoms with Gasteiger partial charge in [0.05, 0.1) is 6.10 Å². The third-order valence-corrected chi connectivity index (χ3v) is 3.75.